The second kappa shape index (κ2) is 5.83. The quantitative estimate of drug-likeness (QED) is 0.927. The molecule has 1 unspecified atom stereocenters. The summed E-state index contributed by atoms with van der Waals surface area (Å²) in [4.78, 5) is 29.7. The molecule has 0 saturated carbocycles. The van der Waals surface area contributed by atoms with E-state index >= 15 is 0 Å². The molecule has 2 aromatic heterocycles. The number of nitrogens with zero attached hydrogens (tertiary/aromatic N) is 2. The summed E-state index contributed by atoms with van der Waals surface area (Å²) in [6.45, 7) is 1.10. The summed E-state index contributed by atoms with van der Waals surface area (Å²) in [5, 5.41) is 4.89. The standard InChI is InChI=1S/C17H17N3O3S/c1-19-12-10-20(7-6-11-4-3-9-24-11)16(21)14(12)15(18-17(19)22)13-5-2-8-23-13/h2-5,8-9,15H,6-7,10H2,1H3,(H,18,22). The predicted octanol–water partition coefficient (Wildman–Crippen LogP) is 2.38. The largest absolute Gasteiger partial charge is 0.467 e. The van der Waals surface area contributed by atoms with Crippen LogP contribution < -0.4 is 5.32 Å². The minimum atomic E-state index is -0.516. The van der Waals surface area contributed by atoms with E-state index in [4.69, 9.17) is 4.42 Å². The van der Waals surface area contributed by atoms with E-state index in [1.165, 1.54) is 9.78 Å². The number of hydrogen-bond acceptors (Lipinski definition) is 4. The summed E-state index contributed by atoms with van der Waals surface area (Å²) < 4.78 is 5.43. The summed E-state index contributed by atoms with van der Waals surface area (Å²) in [6, 6.07) is 6.89. The summed E-state index contributed by atoms with van der Waals surface area (Å²) in [6.07, 6.45) is 2.37. The molecular weight excluding hydrogens is 326 g/mol. The number of nitrogens with one attached hydrogen (secondary N) is 1. The molecule has 0 saturated heterocycles. The Morgan fingerprint density at radius 2 is 2.21 bits per heavy atom. The fraction of sp³-hybridized carbons (Fsp3) is 0.294. The van der Waals surface area contributed by atoms with Crippen LogP contribution in [0.1, 0.15) is 16.7 Å². The van der Waals surface area contributed by atoms with Crippen molar-refractivity contribution >= 4 is 23.3 Å². The van der Waals surface area contributed by atoms with Crippen molar-refractivity contribution in [1.82, 2.24) is 15.1 Å². The summed E-state index contributed by atoms with van der Waals surface area (Å²) in [5.74, 6) is 0.548. The lowest BCUT2D eigenvalue weighted by Gasteiger charge is -2.29. The number of hydrogen-bond donors (Lipinski definition) is 1. The highest BCUT2D eigenvalue weighted by Gasteiger charge is 2.43. The van der Waals surface area contributed by atoms with Crippen LogP contribution in [0.2, 0.25) is 0 Å². The molecule has 0 bridgehead atoms. The van der Waals surface area contributed by atoms with E-state index in [1.807, 2.05) is 11.4 Å². The molecule has 1 atom stereocenters. The number of rotatable bonds is 4. The highest BCUT2D eigenvalue weighted by Crippen LogP contribution is 2.35. The van der Waals surface area contributed by atoms with E-state index in [0.29, 0.717) is 24.4 Å². The van der Waals surface area contributed by atoms with E-state index in [2.05, 4.69) is 11.4 Å². The molecule has 0 aliphatic carbocycles. The van der Waals surface area contributed by atoms with Gasteiger partial charge in [0.15, 0.2) is 0 Å². The average Bonchev–Trinajstić information content (AvgIpc) is 3.31. The fourth-order valence-corrected chi connectivity index (χ4v) is 3.87. The minimum absolute atomic E-state index is 0.0326. The first kappa shape index (κ1) is 15.0. The van der Waals surface area contributed by atoms with Gasteiger partial charge in [-0.1, -0.05) is 6.07 Å². The predicted molar refractivity (Wildman–Crippen MR) is 89.4 cm³/mol. The first-order valence-corrected chi connectivity index (χ1v) is 8.65. The van der Waals surface area contributed by atoms with Crippen LogP contribution in [-0.2, 0) is 11.2 Å². The van der Waals surface area contributed by atoms with Gasteiger partial charge in [0.1, 0.15) is 11.8 Å². The third-order valence-corrected chi connectivity index (χ3v) is 5.41. The second-order valence-corrected chi connectivity index (χ2v) is 6.91. The second-order valence-electron chi connectivity index (χ2n) is 5.87. The molecule has 3 amide bonds. The van der Waals surface area contributed by atoms with Gasteiger partial charge < -0.3 is 14.6 Å². The van der Waals surface area contributed by atoms with Gasteiger partial charge in [-0.05, 0) is 30.0 Å². The maximum absolute atomic E-state index is 12.9. The van der Waals surface area contributed by atoms with E-state index in [-0.39, 0.29) is 11.9 Å². The molecule has 6 nitrogen and oxygen atoms in total. The molecule has 1 N–H and O–H groups in total. The monoisotopic (exact) mass is 343 g/mol. The van der Waals surface area contributed by atoms with Gasteiger partial charge in [0.2, 0.25) is 0 Å². The molecule has 4 heterocycles. The van der Waals surface area contributed by atoms with Crippen LogP contribution in [0.25, 0.3) is 0 Å². The molecule has 2 aliphatic heterocycles. The average molecular weight is 343 g/mol. The van der Waals surface area contributed by atoms with Crippen molar-refractivity contribution in [3.63, 3.8) is 0 Å². The lowest BCUT2D eigenvalue weighted by molar-refractivity contribution is -0.125. The van der Waals surface area contributed by atoms with Crippen molar-refractivity contribution in [3.8, 4) is 0 Å². The van der Waals surface area contributed by atoms with E-state index < -0.39 is 6.04 Å². The van der Waals surface area contributed by atoms with Crippen molar-refractivity contribution in [1.29, 1.82) is 0 Å². The van der Waals surface area contributed by atoms with Gasteiger partial charge in [0.25, 0.3) is 5.91 Å². The number of likely N-dealkylation sites (N-methyl/N-ethyl adjacent to an activating group) is 1. The van der Waals surface area contributed by atoms with Crippen molar-refractivity contribution < 1.29 is 14.0 Å². The lowest BCUT2D eigenvalue weighted by atomic mass is 10.0. The Balaban J connectivity index is 1.59. The van der Waals surface area contributed by atoms with Gasteiger partial charge in [0, 0.05) is 18.5 Å². The number of thiophene rings is 1. The van der Waals surface area contributed by atoms with E-state index in [9.17, 15) is 9.59 Å². The van der Waals surface area contributed by atoms with Gasteiger partial charge in [-0.25, -0.2) is 4.79 Å². The van der Waals surface area contributed by atoms with Gasteiger partial charge in [-0.15, -0.1) is 11.3 Å². The number of amides is 3. The molecule has 24 heavy (non-hydrogen) atoms. The van der Waals surface area contributed by atoms with Gasteiger partial charge in [-0.2, -0.15) is 0 Å². The molecule has 4 rings (SSSR count). The van der Waals surface area contributed by atoms with Crippen LogP contribution in [-0.4, -0.2) is 41.9 Å². The third-order valence-electron chi connectivity index (χ3n) is 4.47. The Morgan fingerprint density at radius 3 is 2.92 bits per heavy atom. The molecule has 7 heteroatoms. The van der Waals surface area contributed by atoms with Crippen LogP contribution in [0.5, 0.6) is 0 Å². The Bertz CT molecular complexity index is 795. The van der Waals surface area contributed by atoms with Crippen LogP contribution in [0, 0.1) is 0 Å². The highest BCUT2D eigenvalue weighted by atomic mass is 32.1. The molecule has 2 aliphatic rings. The molecule has 124 valence electrons. The molecule has 0 fully saturated rings. The lowest BCUT2D eigenvalue weighted by Crippen LogP contribution is -2.45. The fourth-order valence-electron chi connectivity index (χ4n) is 3.17. The Morgan fingerprint density at radius 1 is 1.33 bits per heavy atom. The van der Waals surface area contributed by atoms with E-state index in [0.717, 1.165) is 12.1 Å². The van der Waals surface area contributed by atoms with Crippen LogP contribution in [0.3, 0.4) is 0 Å². The number of urea groups is 1. The summed E-state index contributed by atoms with van der Waals surface area (Å²) in [5.41, 5.74) is 1.37. The summed E-state index contributed by atoms with van der Waals surface area (Å²) in [7, 11) is 1.69. The number of carbonyl (C=O) groups excluding carboxylic acids is 2. The maximum Gasteiger partial charge on any atom is 0.322 e. The third kappa shape index (κ3) is 2.41. The molecular formula is C17H17N3O3S. The van der Waals surface area contributed by atoms with Crippen LogP contribution >= 0.6 is 11.3 Å². The van der Waals surface area contributed by atoms with Crippen molar-refractivity contribution in [2.24, 2.45) is 0 Å². The topological polar surface area (TPSA) is 65.8 Å². The van der Waals surface area contributed by atoms with Gasteiger partial charge in [0.05, 0.1) is 24.1 Å². The van der Waals surface area contributed by atoms with Crippen molar-refractivity contribution in [3.05, 3.63) is 57.8 Å². The SMILES string of the molecule is CN1C(=O)NC(c2ccco2)C2=C1CN(CCc1cccs1)C2=O. The van der Waals surface area contributed by atoms with E-state index in [1.54, 1.807) is 41.7 Å². The highest BCUT2D eigenvalue weighted by molar-refractivity contribution is 7.09. The molecule has 0 spiro atoms. The zero-order valence-corrected chi connectivity index (χ0v) is 14.0. The van der Waals surface area contributed by atoms with Crippen LogP contribution in [0.15, 0.2) is 51.6 Å². The molecule has 0 aromatic carbocycles. The smallest absolute Gasteiger partial charge is 0.322 e. The maximum atomic E-state index is 12.9. The Kier molecular flexibility index (Phi) is 3.65. The van der Waals surface area contributed by atoms with Crippen molar-refractivity contribution in [2.45, 2.75) is 12.5 Å². The number of carbonyl (C=O) groups is 2. The molecule has 0 radical (unpaired) electrons. The normalized spacial score (nSPS) is 20.6. The first-order valence-electron chi connectivity index (χ1n) is 7.77. The first-order chi connectivity index (χ1) is 11.6. The van der Waals surface area contributed by atoms with Crippen molar-refractivity contribution in [2.75, 3.05) is 20.1 Å². The molecule has 2 aromatic rings. The van der Waals surface area contributed by atoms with Crippen LogP contribution in [0.4, 0.5) is 4.79 Å². The summed E-state index contributed by atoms with van der Waals surface area (Å²) >= 11 is 1.69. The van der Waals surface area contributed by atoms with Gasteiger partial charge in [-0.3, -0.25) is 9.69 Å². The Labute approximate surface area is 143 Å². The Hall–Kier alpha value is -2.54. The minimum Gasteiger partial charge on any atom is -0.467 e. The zero-order chi connectivity index (χ0) is 16.7. The number of furan rings is 1. The van der Waals surface area contributed by atoms with Gasteiger partial charge >= 0.3 is 6.03 Å². The zero-order valence-electron chi connectivity index (χ0n) is 13.2.